The number of aromatic nitrogens is 1. The summed E-state index contributed by atoms with van der Waals surface area (Å²) in [6.07, 6.45) is 1.67. The van der Waals surface area contributed by atoms with Gasteiger partial charge in [-0.05, 0) is 30.2 Å². The first-order valence-electron chi connectivity index (χ1n) is 9.37. The van der Waals surface area contributed by atoms with Crippen LogP contribution in [0.25, 0.3) is 11.5 Å². The Morgan fingerprint density at radius 3 is 2.62 bits per heavy atom. The second-order valence-electron chi connectivity index (χ2n) is 6.31. The van der Waals surface area contributed by atoms with Gasteiger partial charge >= 0.3 is 0 Å². The van der Waals surface area contributed by atoms with Crippen LogP contribution in [-0.4, -0.2) is 24.6 Å². The van der Waals surface area contributed by atoms with Crippen LogP contribution in [0.4, 0.5) is 0 Å². The SMILES string of the molecule is CCNC(=NCc1cccc(COC)c1)NCc1coc(-c2ccccc2)n1.I. The molecule has 0 fully saturated rings. The summed E-state index contributed by atoms with van der Waals surface area (Å²) in [5.74, 6) is 1.36. The Morgan fingerprint density at radius 2 is 1.86 bits per heavy atom. The fourth-order valence-corrected chi connectivity index (χ4v) is 2.77. The molecular weight excluding hydrogens is 479 g/mol. The van der Waals surface area contributed by atoms with E-state index in [1.165, 1.54) is 0 Å². The van der Waals surface area contributed by atoms with E-state index in [9.17, 15) is 0 Å². The number of hydrogen-bond donors (Lipinski definition) is 2. The summed E-state index contributed by atoms with van der Waals surface area (Å²) in [4.78, 5) is 9.20. The third kappa shape index (κ3) is 7.17. The molecule has 0 radical (unpaired) electrons. The van der Waals surface area contributed by atoms with Crippen molar-refractivity contribution in [3.8, 4) is 11.5 Å². The van der Waals surface area contributed by atoms with E-state index in [4.69, 9.17) is 9.15 Å². The first-order chi connectivity index (χ1) is 13.8. The van der Waals surface area contributed by atoms with Crippen LogP contribution < -0.4 is 10.6 Å². The monoisotopic (exact) mass is 506 g/mol. The average molecular weight is 506 g/mol. The minimum absolute atomic E-state index is 0. The largest absolute Gasteiger partial charge is 0.444 e. The van der Waals surface area contributed by atoms with E-state index in [-0.39, 0.29) is 24.0 Å². The highest BCUT2D eigenvalue weighted by molar-refractivity contribution is 14.0. The molecule has 1 aromatic heterocycles. The first kappa shape index (κ1) is 22.9. The Labute approximate surface area is 188 Å². The Hall–Kier alpha value is -2.39. The van der Waals surface area contributed by atoms with Gasteiger partial charge in [0.05, 0.1) is 25.4 Å². The first-order valence-corrected chi connectivity index (χ1v) is 9.37. The number of benzene rings is 2. The molecule has 0 aliphatic carbocycles. The minimum Gasteiger partial charge on any atom is -0.444 e. The van der Waals surface area contributed by atoms with Crippen molar-refractivity contribution in [2.24, 2.45) is 4.99 Å². The number of oxazole rings is 1. The van der Waals surface area contributed by atoms with Gasteiger partial charge in [-0.3, -0.25) is 0 Å². The molecule has 0 amide bonds. The van der Waals surface area contributed by atoms with E-state index >= 15 is 0 Å². The quantitative estimate of drug-likeness (QED) is 0.270. The van der Waals surface area contributed by atoms with Crippen molar-refractivity contribution >= 4 is 29.9 Å². The molecule has 0 aliphatic heterocycles. The molecule has 0 saturated carbocycles. The number of hydrogen-bond acceptors (Lipinski definition) is 4. The predicted octanol–water partition coefficient (Wildman–Crippen LogP) is 4.36. The highest BCUT2D eigenvalue weighted by Gasteiger charge is 2.07. The van der Waals surface area contributed by atoms with Crippen LogP contribution in [0.3, 0.4) is 0 Å². The van der Waals surface area contributed by atoms with Crippen molar-refractivity contribution in [1.29, 1.82) is 0 Å². The molecule has 29 heavy (non-hydrogen) atoms. The highest BCUT2D eigenvalue weighted by Crippen LogP contribution is 2.17. The van der Waals surface area contributed by atoms with Crippen LogP contribution >= 0.6 is 24.0 Å². The molecule has 1 heterocycles. The number of aliphatic imine (C=N–C) groups is 1. The Bertz CT molecular complexity index is 897. The third-order valence-corrected chi connectivity index (χ3v) is 4.08. The number of nitrogens with one attached hydrogen (secondary N) is 2. The smallest absolute Gasteiger partial charge is 0.226 e. The molecule has 0 aliphatic rings. The molecule has 6 nitrogen and oxygen atoms in total. The number of guanidine groups is 1. The van der Waals surface area contributed by atoms with E-state index in [1.54, 1.807) is 13.4 Å². The van der Waals surface area contributed by atoms with Crippen LogP contribution in [0.1, 0.15) is 23.7 Å². The van der Waals surface area contributed by atoms with Gasteiger partial charge in [0.2, 0.25) is 5.89 Å². The summed E-state index contributed by atoms with van der Waals surface area (Å²) >= 11 is 0. The molecule has 2 aromatic carbocycles. The lowest BCUT2D eigenvalue weighted by atomic mass is 10.1. The molecular formula is C22H27IN4O2. The summed E-state index contributed by atoms with van der Waals surface area (Å²) in [6.45, 7) is 4.54. The second kappa shape index (κ2) is 12.2. The topological polar surface area (TPSA) is 71.7 Å². The van der Waals surface area contributed by atoms with Gasteiger partial charge in [-0.15, -0.1) is 24.0 Å². The zero-order valence-corrected chi connectivity index (χ0v) is 19.1. The van der Waals surface area contributed by atoms with E-state index in [2.05, 4.69) is 38.8 Å². The van der Waals surface area contributed by atoms with Crippen LogP contribution in [0.2, 0.25) is 0 Å². The molecule has 0 unspecified atom stereocenters. The number of nitrogens with zero attached hydrogens (tertiary/aromatic N) is 2. The van der Waals surface area contributed by atoms with Crippen molar-refractivity contribution in [2.75, 3.05) is 13.7 Å². The lowest BCUT2D eigenvalue weighted by molar-refractivity contribution is 0.185. The fraction of sp³-hybridized carbons (Fsp3) is 0.273. The van der Waals surface area contributed by atoms with E-state index < -0.39 is 0 Å². The molecule has 154 valence electrons. The van der Waals surface area contributed by atoms with Gasteiger partial charge in [0, 0.05) is 19.2 Å². The van der Waals surface area contributed by atoms with Crippen molar-refractivity contribution in [1.82, 2.24) is 15.6 Å². The molecule has 0 spiro atoms. The third-order valence-electron chi connectivity index (χ3n) is 4.08. The molecule has 0 saturated heterocycles. The van der Waals surface area contributed by atoms with Gasteiger partial charge in [0.25, 0.3) is 0 Å². The molecule has 7 heteroatoms. The van der Waals surface area contributed by atoms with Gasteiger partial charge in [-0.25, -0.2) is 9.98 Å². The Morgan fingerprint density at radius 1 is 1.07 bits per heavy atom. The van der Waals surface area contributed by atoms with Gasteiger partial charge in [-0.2, -0.15) is 0 Å². The standard InChI is InChI=1S/C22H26N4O2.HI/c1-3-23-22(24-13-17-8-7-9-18(12-17)15-27-2)25-14-20-16-28-21(26-20)19-10-5-4-6-11-19;/h4-12,16H,3,13-15H2,1-2H3,(H2,23,24,25);1H. The lowest BCUT2D eigenvalue weighted by Crippen LogP contribution is -2.36. The second-order valence-corrected chi connectivity index (χ2v) is 6.31. The predicted molar refractivity (Wildman–Crippen MR) is 126 cm³/mol. The zero-order valence-electron chi connectivity index (χ0n) is 16.7. The van der Waals surface area contributed by atoms with Gasteiger partial charge in [0.1, 0.15) is 6.26 Å². The maximum absolute atomic E-state index is 5.59. The minimum atomic E-state index is 0. The molecule has 0 bridgehead atoms. The Balaban J connectivity index is 0.00000300. The highest BCUT2D eigenvalue weighted by atomic mass is 127. The van der Waals surface area contributed by atoms with Gasteiger partial charge in [0.15, 0.2) is 5.96 Å². The molecule has 3 rings (SSSR count). The van der Waals surface area contributed by atoms with Gasteiger partial charge < -0.3 is 19.8 Å². The van der Waals surface area contributed by atoms with Crippen LogP contribution in [-0.2, 0) is 24.4 Å². The van der Waals surface area contributed by atoms with Crippen LogP contribution in [0.5, 0.6) is 0 Å². The van der Waals surface area contributed by atoms with Crippen molar-refractivity contribution < 1.29 is 9.15 Å². The molecule has 2 N–H and O–H groups in total. The summed E-state index contributed by atoms with van der Waals surface area (Å²) in [5.41, 5.74) is 4.07. The zero-order chi connectivity index (χ0) is 19.6. The number of methoxy groups -OCH3 is 1. The van der Waals surface area contributed by atoms with Crippen molar-refractivity contribution in [3.05, 3.63) is 77.7 Å². The average Bonchev–Trinajstić information content (AvgIpc) is 3.20. The fourth-order valence-electron chi connectivity index (χ4n) is 2.77. The van der Waals surface area contributed by atoms with Crippen LogP contribution in [0, 0.1) is 0 Å². The summed E-state index contributed by atoms with van der Waals surface area (Å²) in [7, 11) is 1.70. The number of halogens is 1. The normalized spacial score (nSPS) is 11.0. The number of rotatable bonds is 8. The van der Waals surface area contributed by atoms with E-state index in [0.29, 0.717) is 25.6 Å². The van der Waals surface area contributed by atoms with E-state index in [0.717, 1.165) is 34.9 Å². The van der Waals surface area contributed by atoms with Crippen LogP contribution in [0.15, 0.2) is 70.3 Å². The van der Waals surface area contributed by atoms with Crippen molar-refractivity contribution in [2.45, 2.75) is 26.6 Å². The molecule has 3 aromatic rings. The van der Waals surface area contributed by atoms with Crippen molar-refractivity contribution in [3.63, 3.8) is 0 Å². The molecule has 0 atom stereocenters. The summed E-state index contributed by atoms with van der Waals surface area (Å²) in [6, 6.07) is 18.1. The maximum atomic E-state index is 5.59. The number of ether oxygens (including phenoxy) is 1. The van der Waals surface area contributed by atoms with Gasteiger partial charge in [-0.1, -0.05) is 42.5 Å². The van der Waals surface area contributed by atoms with E-state index in [1.807, 2.05) is 43.3 Å². The summed E-state index contributed by atoms with van der Waals surface area (Å²) < 4.78 is 10.8. The Kier molecular flexibility index (Phi) is 9.66. The maximum Gasteiger partial charge on any atom is 0.226 e. The summed E-state index contributed by atoms with van der Waals surface area (Å²) in [5, 5.41) is 6.56. The lowest BCUT2D eigenvalue weighted by Gasteiger charge is -2.10.